The smallest absolute Gasteiger partial charge is 0.299 e. The van der Waals surface area contributed by atoms with Gasteiger partial charge in [-0.05, 0) is 6.07 Å². The number of amides is 1. The van der Waals surface area contributed by atoms with E-state index in [4.69, 9.17) is 0 Å². The average molecular weight is 319 g/mol. The van der Waals surface area contributed by atoms with E-state index in [0.29, 0.717) is 5.13 Å². The van der Waals surface area contributed by atoms with Crippen LogP contribution >= 0.6 is 11.3 Å². The summed E-state index contributed by atoms with van der Waals surface area (Å²) in [4.78, 5) is 11.7. The summed E-state index contributed by atoms with van der Waals surface area (Å²) in [7, 11) is 0. The number of hydrogen-bond donors (Lipinski definition) is 1. The second-order valence-electron chi connectivity index (χ2n) is 4.54. The predicted octanol–water partition coefficient (Wildman–Crippen LogP) is 2.52. The maximum Gasteiger partial charge on any atom is 0.435 e. The second kappa shape index (κ2) is 5.80. The molecule has 2 aromatic rings. The van der Waals surface area contributed by atoms with Crippen molar-refractivity contribution in [2.45, 2.75) is 32.5 Å². The Balaban J connectivity index is 1.96. The first-order valence-electron chi connectivity index (χ1n) is 5.99. The number of aromatic nitrogens is 4. The van der Waals surface area contributed by atoms with Crippen molar-refractivity contribution in [3.05, 3.63) is 23.0 Å². The molecule has 114 valence electrons. The van der Waals surface area contributed by atoms with Crippen LogP contribution in [0.15, 0.2) is 12.3 Å². The van der Waals surface area contributed by atoms with Crippen molar-refractivity contribution in [3.63, 3.8) is 0 Å². The van der Waals surface area contributed by atoms with Crippen LogP contribution in [0.1, 0.15) is 30.5 Å². The van der Waals surface area contributed by atoms with Crippen molar-refractivity contribution in [2.75, 3.05) is 5.32 Å². The molecule has 0 aliphatic heterocycles. The van der Waals surface area contributed by atoms with Gasteiger partial charge in [0.05, 0.1) is 0 Å². The van der Waals surface area contributed by atoms with E-state index < -0.39 is 17.8 Å². The molecule has 0 saturated carbocycles. The van der Waals surface area contributed by atoms with E-state index in [2.05, 4.69) is 20.6 Å². The number of nitrogens with zero attached hydrogens (tertiary/aromatic N) is 4. The SMILES string of the molecule is CC(C)c1nnc(NC(=O)Cn2ccc(C(F)(F)F)n2)s1. The van der Waals surface area contributed by atoms with Crippen LogP contribution in [0, 0.1) is 0 Å². The molecule has 2 aromatic heterocycles. The van der Waals surface area contributed by atoms with E-state index in [1.807, 2.05) is 13.8 Å². The van der Waals surface area contributed by atoms with Crippen LogP contribution in [0.2, 0.25) is 0 Å². The summed E-state index contributed by atoms with van der Waals surface area (Å²) in [5, 5.41) is 14.5. The van der Waals surface area contributed by atoms with Crippen molar-refractivity contribution in [3.8, 4) is 0 Å². The third-order valence-corrected chi connectivity index (χ3v) is 3.56. The molecule has 21 heavy (non-hydrogen) atoms. The van der Waals surface area contributed by atoms with Crippen molar-refractivity contribution in [1.82, 2.24) is 20.0 Å². The minimum absolute atomic E-state index is 0.189. The lowest BCUT2D eigenvalue weighted by Crippen LogP contribution is -2.19. The third kappa shape index (κ3) is 4.00. The number of anilines is 1. The fraction of sp³-hybridized carbons (Fsp3) is 0.455. The summed E-state index contributed by atoms with van der Waals surface area (Å²) in [6.45, 7) is 3.55. The van der Waals surface area contributed by atoms with Crippen molar-refractivity contribution in [1.29, 1.82) is 0 Å². The molecule has 0 spiro atoms. The van der Waals surface area contributed by atoms with E-state index in [-0.39, 0.29) is 12.5 Å². The van der Waals surface area contributed by atoms with Gasteiger partial charge in [-0.15, -0.1) is 10.2 Å². The molecule has 2 heterocycles. The highest BCUT2D eigenvalue weighted by Gasteiger charge is 2.33. The Bertz CT molecular complexity index is 634. The molecule has 6 nitrogen and oxygen atoms in total. The van der Waals surface area contributed by atoms with Gasteiger partial charge >= 0.3 is 6.18 Å². The van der Waals surface area contributed by atoms with Gasteiger partial charge in [-0.25, -0.2) is 0 Å². The largest absolute Gasteiger partial charge is 0.435 e. The Morgan fingerprint density at radius 1 is 1.43 bits per heavy atom. The summed E-state index contributed by atoms with van der Waals surface area (Å²) in [5.74, 6) is -0.327. The molecule has 0 radical (unpaired) electrons. The number of nitrogens with one attached hydrogen (secondary N) is 1. The highest BCUT2D eigenvalue weighted by atomic mass is 32.1. The van der Waals surface area contributed by atoms with E-state index in [0.717, 1.165) is 22.0 Å². The number of hydrogen-bond acceptors (Lipinski definition) is 5. The minimum atomic E-state index is -4.52. The molecule has 0 aliphatic rings. The molecule has 0 saturated heterocycles. The summed E-state index contributed by atoms with van der Waals surface area (Å²) in [6, 6.07) is 0.815. The lowest BCUT2D eigenvalue weighted by molar-refractivity contribution is -0.141. The van der Waals surface area contributed by atoms with E-state index in [1.54, 1.807) is 0 Å². The van der Waals surface area contributed by atoms with Crippen LogP contribution in [0.5, 0.6) is 0 Å². The number of carbonyl (C=O) groups is 1. The Hall–Kier alpha value is -1.97. The third-order valence-electron chi connectivity index (χ3n) is 2.42. The van der Waals surface area contributed by atoms with Gasteiger partial charge < -0.3 is 0 Å². The number of carbonyl (C=O) groups excluding carboxylic acids is 1. The zero-order valence-corrected chi connectivity index (χ0v) is 12.0. The summed E-state index contributed by atoms with van der Waals surface area (Å²) >= 11 is 1.23. The fourth-order valence-electron chi connectivity index (χ4n) is 1.43. The Morgan fingerprint density at radius 2 is 2.14 bits per heavy atom. The van der Waals surface area contributed by atoms with Gasteiger partial charge in [0, 0.05) is 12.1 Å². The molecule has 1 N–H and O–H groups in total. The van der Waals surface area contributed by atoms with E-state index in [1.165, 1.54) is 11.3 Å². The van der Waals surface area contributed by atoms with Gasteiger partial charge in [-0.1, -0.05) is 25.2 Å². The molecule has 0 aliphatic carbocycles. The molecule has 10 heteroatoms. The quantitative estimate of drug-likeness (QED) is 0.940. The van der Waals surface area contributed by atoms with Gasteiger partial charge in [0.1, 0.15) is 11.6 Å². The predicted molar refractivity (Wildman–Crippen MR) is 69.9 cm³/mol. The molecule has 1 amide bonds. The number of rotatable bonds is 4. The van der Waals surface area contributed by atoms with Gasteiger partial charge in [0.2, 0.25) is 11.0 Å². The van der Waals surface area contributed by atoms with Crippen LogP contribution in [0.3, 0.4) is 0 Å². The molecule has 2 rings (SSSR count). The van der Waals surface area contributed by atoms with E-state index >= 15 is 0 Å². The molecule has 0 atom stereocenters. The first-order chi connectivity index (χ1) is 9.75. The molecule has 0 fully saturated rings. The van der Waals surface area contributed by atoms with Gasteiger partial charge in [0.15, 0.2) is 5.69 Å². The highest BCUT2D eigenvalue weighted by molar-refractivity contribution is 7.15. The lowest BCUT2D eigenvalue weighted by Gasteiger charge is -2.03. The van der Waals surface area contributed by atoms with Crippen LogP contribution in [-0.4, -0.2) is 25.9 Å². The molecular formula is C11H12F3N5OS. The molecule has 0 unspecified atom stereocenters. The highest BCUT2D eigenvalue weighted by Crippen LogP contribution is 2.27. The van der Waals surface area contributed by atoms with Gasteiger partial charge in [-0.2, -0.15) is 18.3 Å². The Labute approximate surface area is 122 Å². The average Bonchev–Trinajstić information content (AvgIpc) is 2.97. The van der Waals surface area contributed by atoms with Crippen LogP contribution in [0.25, 0.3) is 0 Å². The van der Waals surface area contributed by atoms with Crippen LogP contribution in [-0.2, 0) is 17.5 Å². The summed E-state index contributed by atoms with van der Waals surface area (Å²) in [5.41, 5.74) is -1.03. The minimum Gasteiger partial charge on any atom is -0.299 e. The number of alkyl halides is 3. The maximum atomic E-state index is 12.4. The fourth-order valence-corrected chi connectivity index (χ4v) is 2.19. The normalized spacial score (nSPS) is 11.9. The van der Waals surface area contributed by atoms with Crippen molar-refractivity contribution in [2.24, 2.45) is 0 Å². The van der Waals surface area contributed by atoms with Gasteiger partial charge in [0.25, 0.3) is 0 Å². The standard InChI is InChI=1S/C11H12F3N5OS/c1-6(2)9-16-17-10(21-9)15-8(20)5-19-4-3-7(18-19)11(12,13)14/h3-4,6H,5H2,1-2H3,(H,15,17,20). The van der Waals surface area contributed by atoms with Crippen LogP contribution in [0.4, 0.5) is 18.3 Å². The molecular weight excluding hydrogens is 307 g/mol. The Kier molecular flexibility index (Phi) is 4.26. The van der Waals surface area contributed by atoms with Crippen LogP contribution < -0.4 is 5.32 Å². The van der Waals surface area contributed by atoms with E-state index in [9.17, 15) is 18.0 Å². The summed E-state index contributed by atoms with van der Waals surface area (Å²) in [6.07, 6.45) is -3.42. The topological polar surface area (TPSA) is 72.7 Å². The summed E-state index contributed by atoms with van der Waals surface area (Å²) < 4.78 is 38.0. The maximum absolute atomic E-state index is 12.4. The first-order valence-corrected chi connectivity index (χ1v) is 6.81. The Morgan fingerprint density at radius 3 is 2.67 bits per heavy atom. The number of halogens is 3. The van der Waals surface area contributed by atoms with Gasteiger partial charge in [-0.3, -0.25) is 14.8 Å². The first kappa shape index (κ1) is 15.4. The zero-order valence-electron chi connectivity index (χ0n) is 11.2. The van der Waals surface area contributed by atoms with Crippen molar-refractivity contribution >= 4 is 22.4 Å². The molecule has 0 aromatic carbocycles. The van der Waals surface area contributed by atoms with Crippen molar-refractivity contribution < 1.29 is 18.0 Å². The monoisotopic (exact) mass is 319 g/mol. The molecule has 0 bridgehead atoms. The zero-order chi connectivity index (χ0) is 15.6. The second-order valence-corrected chi connectivity index (χ2v) is 5.55. The lowest BCUT2D eigenvalue weighted by atomic mass is 10.2.